The molecule has 0 spiro atoms. The molecule has 230 valence electrons. The Balaban J connectivity index is 1.22. The molecule has 5 nitrogen and oxygen atoms in total. The summed E-state index contributed by atoms with van der Waals surface area (Å²) in [7, 11) is 1.35. The number of hydrogen-bond donors (Lipinski definition) is 2. The SMILES string of the molecule is COC(=O)[C@@H](NC(=O)/C(C)=C/CC[C@@H](C)[C@H]1CCC2=C3CC[C@H]4[C@H](C)[C@@H](O)CC[C@]4(C)[C@H]3CC[C@@]21C)c1ccccc1. The molecule has 1 aromatic rings. The molecule has 0 unspecified atom stereocenters. The van der Waals surface area contributed by atoms with E-state index < -0.39 is 12.0 Å². The fourth-order valence-electron chi connectivity index (χ4n) is 10.0. The van der Waals surface area contributed by atoms with Gasteiger partial charge in [-0.3, -0.25) is 4.79 Å². The van der Waals surface area contributed by atoms with Gasteiger partial charge in [-0.15, -0.1) is 0 Å². The van der Waals surface area contributed by atoms with Crippen LogP contribution in [0, 0.1) is 40.4 Å². The Morgan fingerprint density at radius 2 is 1.83 bits per heavy atom. The Kier molecular flexibility index (Phi) is 9.09. The zero-order valence-corrected chi connectivity index (χ0v) is 26.7. The minimum absolute atomic E-state index is 0.121. The largest absolute Gasteiger partial charge is 0.467 e. The quantitative estimate of drug-likeness (QED) is 0.189. The van der Waals surface area contributed by atoms with Crippen LogP contribution < -0.4 is 5.32 Å². The van der Waals surface area contributed by atoms with Gasteiger partial charge in [-0.2, -0.15) is 0 Å². The average molecular weight is 576 g/mol. The summed E-state index contributed by atoms with van der Waals surface area (Å²) in [6.45, 7) is 11.7. The number of rotatable bonds is 8. The van der Waals surface area contributed by atoms with Gasteiger partial charge in [0.05, 0.1) is 13.2 Å². The predicted molar refractivity (Wildman–Crippen MR) is 167 cm³/mol. The molecule has 0 aliphatic heterocycles. The first-order valence-electron chi connectivity index (χ1n) is 16.5. The van der Waals surface area contributed by atoms with Crippen LogP contribution in [0.25, 0.3) is 0 Å². The molecule has 1 aromatic carbocycles. The number of carbonyl (C=O) groups excluding carboxylic acids is 2. The number of hydrogen-bond acceptors (Lipinski definition) is 4. The number of ether oxygens (including phenoxy) is 1. The van der Waals surface area contributed by atoms with Gasteiger partial charge in [0, 0.05) is 5.57 Å². The lowest BCUT2D eigenvalue weighted by Gasteiger charge is -2.58. The van der Waals surface area contributed by atoms with Crippen molar-refractivity contribution in [2.45, 2.75) is 111 Å². The molecule has 3 fully saturated rings. The lowest BCUT2D eigenvalue weighted by Crippen LogP contribution is -2.51. The van der Waals surface area contributed by atoms with Crippen molar-refractivity contribution in [1.82, 2.24) is 5.32 Å². The maximum Gasteiger partial charge on any atom is 0.333 e. The van der Waals surface area contributed by atoms with Crippen LogP contribution in [0.3, 0.4) is 0 Å². The standard InChI is InChI=1S/C37H53NO4/c1-23(11-10-12-24(2)34(40)38-33(35(41)42-6)26-13-8-7-9-14-26)28-17-18-30-27-15-16-29-25(3)32(39)20-22-37(29,5)31(27)19-21-36(28,30)4/h7-9,12-14,23,25,28-29,31-33,39H,10-11,15-22H2,1-6H3,(H,38,40)/b24-12+/t23-,25+,28-,29+,31+,32+,33+,36-,37+/m1/s1. The number of fused-ring (bicyclic) bond motifs is 4. The van der Waals surface area contributed by atoms with Crippen LogP contribution in [0.2, 0.25) is 0 Å². The van der Waals surface area contributed by atoms with Crippen LogP contribution in [0.4, 0.5) is 0 Å². The summed E-state index contributed by atoms with van der Waals surface area (Å²) < 4.78 is 4.96. The topological polar surface area (TPSA) is 75.6 Å². The lowest BCUT2D eigenvalue weighted by molar-refractivity contribution is -0.144. The van der Waals surface area contributed by atoms with Gasteiger partial charge in [0.2, 0.25) is 5.91 Å². The molecule has 2 N–H and O–H groups in total. The van der Waals surface area contributed by atoms with Crippen molar-refractivity contribution in [2.75, 3.05) is 7.11 Å². The van der Waals surface area contributed by atoms with E-state index in [9.17, 15) is 14.7 Å². The van der Waals surface area contributed by atoms with E-state index in [1.54, 1.807) is 5.57 Å². The summed E-state index contributed by atoms with van der Waals surface area (Å²) >= 11 is 0. The molecule has 9 atom stereocenters. The molecule has 42 heavy (non-hydrogen) atoms. The summed E-state index contributed by atoms with van der Waals surface area (Å²) in [5, 5.41) is 13.5. The van der Waals surface area contributed by atoms with Crippen molar-refractivity contribution < 1.29 is 19.4 Å². The van der Waals surface area contributed by atoms with Gasteiger partial charge in [0.15, 0.2) is 6.04 Å². The normalized spacial score (nSPS) is 35.9. The van der Waals surface area contributed by atoms with E-state index in [0.717, 1.165) is 19.3 Å². The monoisotopic (exact) mass is 575 g/mol. The Hall–Kier alpha value is -2.40. The minimum Gasteiger partial charge on any atom is -0.467 e. The number of benzene rings is 1. The van der Waals surface area contributed by atoms with Gasteiger partial charge in [0.1, 0.15) is 0 Å². The first-order valence-corrected chi connectivity index (χ1v) is 16.5. The molecule has 0 bridgehead atoms. The second-order valence-corrected chi connectivity index (χ2v) is 14.6. The van der Waals surface area contributed by atoms with Crippen molar-refractivity contribution in [3.8, 4) is 0 Å². The van der Waals surface area contributed by atoms with Crippen LogP contribution in [-0.4, -0.2) is 30.2 Å². The second kappa shape index (κ2) is 12.3. The van der Waals surface area contributed by atoms with E-state index in [2.05, 4.69) is 33.0 Å². The molecule has 0 radical (unpaired) electrons. The van der Waals surface area contributed by atoms with Gasteiger partial charge in [0.25, 0.3) is 0 Å². The molecule has 5 heteroatoms. The van der Waals surface area contributed by atoms with E-state index in [1.807, 2.05) is 48.9 Å². The summed E-state index contributed by atoms with van der Waals surface area (Å²) in [4.78, 5) is 25.4. The molecule has 1 amide bonds. The Morgan fingerprint density at radius 1 is 1.10 bits per heavy atom. The highest BCUT2D eigenvalue weighted by Gasteiger charge is 2.57. The molecule has 5 rings (SSSR count). The van der Waals surface area contributed by atoms with Gasteiger partial charge in [-0.05, 0) is 117 Å². The van der Waals surface area contributed by atoms with Gasteiger partial charge in [-0.1, -0.05) is 75.2 Å². The van der Waals surface area contributed by atoms with Crippen molar-refractivity contribution >= 4 is 11.9 Å². The average Bonchev–Trinajstić information content (AvgIpc) is 3.35. The van der Waals surface area contributed by atoms with E-state index >= 15 is 0 Å². The van der Waals surface area contributed by atoms with Gasteiger partial charge in [-0.25, -0.2) is 4.79 Å². The molecule has 0 heterocycles. The third-order valence-electron chi connectivity index (χ3n) is 12.5. The molecule has 0 saturated heterocycles. The maximum atomic E-state index is 13.0. The number of carbonyl (C=O) groups is 2. The summed E-state index contributed by atoms with van der Waals surface area (Å²) in [5.41, 5.74) is 5.62. The molecule has 4 aliphatic rings. The highest BCUT2D eigenvalue weighted by molar-refractivity contribution is 5.95. The molecule has 4 aliphatic carbocycles. The number of methoxy groups -OCH3 is 1. The summed E-state index contributed by atoms with van der Waals surface area (Å²) in [5.74, 6) is 2.35. The zero-order valence-electron chi connectivity index (χ0n) is 26.7. The van der Waals surface area contributed by atoms with Crippen LogP contribution in [0.5, 0.6) is 0 Å². The maximum absolute atomic E-state index is 13.0. The zero-order chi connectivity index (χ0) is 30.2. The van der Waals surface area contributed by atoms with Crippen LogP contribution in [-0.2, 0) is 14.3 Å². The second-order valence-electron chi connectivity index (χ2n) is 14.6. The van der Waals surface area contributed by atoms with Crippen molar-refractivity contribution in [2.24, 2.45) is 40.4 Å². The van der Waals surface area contributed by atoms with Crippen LogP contribution in [0.1, 0.15) is 110 Å². The highest BCUT2D eigenvalue weighted by atomic mass is 16.5. The number of esters is 1. The molecule has 3 saturated carbocycles. The summed E-state index contributed by atoms with van der Waals surface area (Å²) in [6.07, 6.45) is 13.6. The number of aliphatic hydroxyl groups is 1. The van der Waals surface area contributed by atoms with Crippen molar-refractivity contribution in [3.63, 3.8) is 0 Å². The summed E-state index contributed by atoms with van der Waals surface area (Å²) in [6, 6.07) is 8.43. The number of nitrogens with one attached hydrogen (secondary N) is 1. The van der Waals surface area contributed by atoms with Gasteiger partial charge < -0.3 is 15.2 Å². The van der Waals surface area contributed by atoms with E-state index in [0.29, 0.717) is 51.6 Å². The van der Waals surface area contributed by atoms with E-state index in [1.165, 1.54) is 52.1 Å². The Morgan fingerprint density at radius 3 is 2.55 bits per heavy atom. The minimum atomic E-state index is -0.815. The first kappa shape index (κ1) is 31.0. The number of aliphatic hydroxyl groups excluding tert-OH is 1. The van der Waals surface area contributed by atoms with Crippen molar-refractivity contribution in [3.05, 3.63) is 58.7 Å². The molecule has 0 aromatic heterocycles. The lowest BCUT2D eigenvalue weighted by atomic mass is 9.47. The third kappa shape index (κ3) is 5.51. The fourth-order valence-corrected chi connectivity index (χ4v) is 10.0. The molecular weight excluding hydrogens is 522 g/mol. The number of amides is 1. The number of allylic oxidation sites excluding steroid dienone is 3. The smallest absolute Gasteiger partial charge is 0.333 e. The fraction of sp³-hybridized carbons (Fsp3) is 0.676. The first-order chi connectivity index (χ1) is 20.0. The van der Waals surface area contributed by atoms with Gasteiger partial charge >= 0.3 is 5.97 Å². The van der Waals surface area contributed by atoms with Crippen molar-refractivity contribution in [1.29, 1.82) is 0 Å². The van der Waals surface area contributed by atoms with E-state index in [4.69, 9.17) is 4.74 Å². The van der Waals surface area contributed by atoms with Crippen LogP contribution in [0.15, 0.2) is 53.1 Å². The Labute approximate surface area is 253 Å². The third-order valence-corrected chi connectivity index (χ3v) is 12.5. The van der Waals surface area contributed by atoms with E-state index in [-0.39, 0.29) is 12.0 Å². The molecular formula is C37H53NO4. The highest BCUT2D eigenvalue weighted by Crippen LogP contribution is 2.66. The van der Waals surface area contributed by atoms with Crippen LogP contribution >= 0.6 is 0 Å². The Bertz CT molecular complexity index is 1220. The predicted octanol–water partition coefficient (Wildman–Crippen LogP) is 7.71.